The monoisotopic (exact) mass is 360 g/mol. The zero-order valence-electron chi connectivity index (χ0n) is 16.0. The molecular formula is C20H28N2O4. The third-order valence-electron chi connectivity index (χ3n) is 4.34. The molecule has 26 heavy (non-hydrogen) atoms. The summed E-state index contributed by atoms with van der Waals surface area (Å²) < 4.78 is 11.0. The quantitative estimate of drug-likeness (QED) is 0.782. The van der Waals surface area contributed by atoms with E-state index in [0.717, 1.165) is 5.56 Å². The van der Waals surface area contributed by atoms with Crippen molar-refractivity contribution in [2.75, 3.05) is 39.9 Å². The van der Waals surface area contributed by atoms with Crippen molar-refractivity contribution in [3.8, 4) is 11.5 Å². The zero-order valence-corrected chi connectivity index (χ0v) is 16.0. The molecule has 0 aliphatic carbocycles. The Morgan fingerprint density at radius 3 is 2.35 bits per heavy atom. The van der Waals surface area contributed by atoms with Gasteiger partial charge < -0.3 is 19.3 Å². The van der Waals surface area contributed by atoms with Crippen LogP contribution >= 0.6 is 0 Å². The van der Waals surface area contributed by atoms with Crippen LogP contribution < -0.4 is 9.47 Å². The van der Waals surface area contributed by atoms with Crippen LogP contribution in [-0.2, 0) is 9.59 Å². The van der Waals surface area contributed by atoms with Gasteiger partial charge in [0.15, 0.2) is 18.1 Å². The average molecular weight is 360 g/mol. The molecule has 0 bridgehead atoms. The van der Waals surface area contributed by atoms with Gasteiger partial charge in [-0.3, -0.25) is 9.59 Å². The standard InChI is InChI=1S/C20H28N2O4/c1-5-6-16-7-8-17(18(13-16)25-4)26-14-19(23)21-9-11-22(12-10-21)20(24)15(2)3/h5-8,13,15H,9-12,14H2,1-4H3/b6-5+. The van der Waals surface area contributed by atoms with Gasteiger partial charge in [-0.1, -0.05) is 32.1 Å². The molecule has 0 unspecified atom stereocenters. The lowest BCUT2D eigenvalue weighted by Gasteiger charge is -2.35. The topological polar surface area (TPSA) is 59.1 Å². The SMILES string of the molecule is C/C=C/c1ccc(OCC(=O)N2CCN(C(=O)C(C)C)CC2)c(OC)c1. The molecule has 1 fully saturated rings. The molecule has 1 aromatic carbocycles. The van der Waals surface area contributed by atoms with Gasteiger partial charge >= 0.3 is 0 Å². The number of carbonyl (C=O) groups excluding carboxylic acids is 2. The highest BCUT2D eigenvalue weighted by Gasteiger charge is 2.25. The fourth-order valence-electron chi connectivity index (χ4n) is 2.87. The summed E-state index contributed by atoms with van der Waals surface area (Å²) in [6, 6.07) is 5.59. The van der Waals surface area contributed by atoms with E-state index in [2.05, 4.69) is 0 Å². The summed E-state index contributed by atoms with van der Waals surface area (Å²) in [5.74, 6) is 1.18. The van der Waals surface area contributed by atoms with Gasteiger partial charge in [0, 0.05) is 32.1 Å². The minimum atomic E-state index is -0.0822. The molecule has 0 spiro atoms. The molecule has 1 aliphatic heterocycles. The predicted molar refractivity (Wildman–Crippen MR) is 101 cm³/mol. The molecule has 142 valence electrons. The Hall–Kier alpha value is -2.50. The van der Waals surface area contributed by atoms with Gasteiger partial charge in [-0.2, -0.15) is 0 Å². The zero-order chi connectivity index (χ0) is 19.1. The van der Waals surface area contributed by atoms with E-state index in [1.165, 1.54) is 0 Å². The van der Waals surface area contributed by atoms with E-state index >= 15 is 0 Å². The molecule has 1 aromatic rings. The van der Waals surface area contributed by atoms with E-state index in [-0.39, 0.29) is 24.3 Å². The van der Waals surface area contributed by atoms with Crippen molar-refractivity contribution >= 4 is 17.9 Å². The van der Waals surface area contributed by atoms with E-state index in [9.17, 15) is 9.59 Å². The molecule has 0 N–H and O–H groups in total. The van der Waals surface area contributed by atoms with Crippen molar-refractivity contribution in [2.24, 2.45) is 5.92 Å². The van der Waals surface area contributed by atoms with Crippen LogP contribution in [0.4, 0.5) is 0 Å². The summed E-state index contributed by atoms with van der Waals surface area (Å²) in [4.78, 5) is 28.0. The summed E-state index contributed by atoms with van der Waals surface area (Å²) in [5.41, 5.74) is 1.01. The highest BCUT2D eigenvalue weighted by molar-refractivity contribution is 5.80. The summed E-state index contributed by atoms with van der Waals surface area (Å²) in [6.45, 7) is 7.91. The van der Waals surface area contributed by atoms with Crippen molar-refractivity contribution < 1.29 is 19.1 Å². The van der Waals surface area contributed by atoms with Crippen LogP contribution in [0.15, 0.2) is 24.3 Å². The Balaban J connectivity index is 1.89. The molecule has 1 aliphatic rings. The first-order chi connectivity index (χ1) is 12.5. The van der Waals surface area contributed by atoms with Crippen molar-refractivity contribution in [1.29, 1.82) is 0 Å². The van der Waals surface area contributed by atoms with Crippen LogP contribution in [0.2, 0.25) is 0 Å². The molecular weight excluding hydrogens is 332 g/mol. The molecule has 0 saturated carbocycles. The largest absolute Gasteiger partial charge is 0.493 e. The van der Waals surface area contributed by atoms with Gasteiger partial charge in [0.2, 0.25) is 5.91 Å². The van der Waals surface area contributed by atoms with Gasteiger partial charge in [0.05, 0.1) is 7.11 Å². The van der Waals surface area contributed by atoms with Crippen molar-refractivity contribution in [3.63, 3.8) is 0 Å². The summed E-state index contributed by atoms with van der Waals surface area (Å²) in [7, 11) is 1.58. The van der Waals surface area contributed by atoms with E-state index in [4.69, 9.17) is 9.47 Å². The number of nitrogens with zero attached hydrogens (tertiary/aromatic N) is 2. The van der Waals surface area contributed by atoms with E-state index in [1.807, 2.05) is 50.0 Å². The molecule has 6 heteroatoms. The molecule has 0 atom stereocenters. The van der Waals surface area contributed by atoms with Crippen molar-refractivity contribution in [2.45, 2.75) is 20.8 Å². The number of ether oxygens (including phenoxy) is 2. The minimum Gasteiger partial charge on any atom is -0.493 e. The minimum absolute atomic E-state index is 0.0152. The Morgan fingerprint density at radius 2 is 1.77 bits per heavy atom. The van der Waals surface area contributed by atoms with Crippen LogP contribution in [0.1, 0.15) is 26.3 Å². The highest BCUT2D eigenvalue weighted by atomic mass is 16.5. The maximum absolute atomic E-state index is 12.4. The highest BCUT2D eigenvalue weighted by Crippen LogP contribution is 2.28. The number of hydrogen-bond donors (Lipinski definition) is 0. The molecule has 0 radical (unpaired) electrons. The number of allylic oxidation sites excluding steroid dienone is 1. The van der Waals surface area contributed by atoms with Gasteiger partial charge in [-0.05, 0) is 24.6 Å². The van der Waals surface area contributed by atoms with Crippen LogP contribution in [0.5, 0.6) is 11.5 Å². The lowest BCUT2D eigenvalue weighted by atomic mass is 10.1. The summed E-state index contributed by atoms with van der Waals surface area (Å²) >= 11 is 0. The first-order valence-electron chi connectivity index (χ1n) is 8.96. The predicted octanol–water partition coefficient (Wildman–Crippen LogP) is 2.43. The maximum Gasteiger partial charge on any atom is 0.260 e. The number of rotatable bonds is 6. The first kappa shape index (κ1) is 19.8. The normalized spacial score (nSPS) is 14.8. The molecule has 2 amide bonds. The molecule has 2 rings (SSSR count). The van der Waals surface area contributed by atoms with Gasteiger partial charge in [-0.25, -0.2) is 0 Å². The molecule has 1 saturated heterocycles. The number of benzene rings is 1. The number of piperazine rings is 1. The number of methoxy groups -OCH3 is 1. The molecule has 1 heterocycles. The third-order valence-corrected chi connectivity index (χ3v) is 4.34. The smallest absolute Gasteiger partial charge is 0.260 e. The molecule has 6 nitrogen and oxygen atoms in total. The average Bonchev–Trinajstić information content (AvgIpc) is 2.66. The lowest BCUT2D eigenvalue weighted by molar-refractivity contribution is -0.142. The number of amides is 2. The van der Waals surface area contributed by atoms with E-state index < -0.39 is 0 Å². The Kier molecular flexibility index (Phi) is 7.06. The number of carbonyl (C=O) groups is 2. The Bertz CT molecular complexity index is 662. The van der Waals surface area contributed by atoms with E-state index in [1.54, 1.807) is 18.1 Å². The van der Waals surface area contributed by atoms with Crippen molar-refractivity contribution in [1.82, 2.24) is 9.80 Å². The van der Waals surface area contributed by atoms with E-state index in [0.29, 0.717) is 37.7 Å². The Morgan fingerprint density at radius 1 is 1.12 bits per heavy atom. The summed E-state index contributed by atoms with van der Waals surface area (Å²) in [6.07, 6.45) is 3.91. The second kappa shape index (κ2) is 9.27. The maximum atomic E-state index is 12.4. The van der Waals surface area contributed by atoms with Crippen molar-refractivity contribution in [3.05, 3.63) is 29.8 Å². The number of hydrogen-bond acceptors (Lipinski definition) is 4. The second-order valence-corrected chi connectivity index (χ2v) is 6.56. The van der Waals surface area contributed by atoms with Crippen LogP contribution in [0.25, 0.3) is 6.08 Å². The molecule has 0 aromatic heterocycles. The first-order valence-corrected chi connectivity index (χ1v) is 8.96. The van der Waals surface area contributed by atoms with Gasteiger partial charge in [0.1, 0.15) is 0 Å². The van der Waals surface area contributed by atoms with Gasteiger partial charge in [-0.15, -0.1) is 0 Å². The van der Waals surface area contributed by atoms with Crippen LogP contribution in [-0.4, -0.2) is 61.5 Å². The summed E-state index contributed by atoms with van der Waals surface area (Å²) in [5, 5.41) is 0. The second-order valence-electron chi connectivity index (χ2n) is 6.56. The third kappa shape index (κ3) is 5.00. The van der Waals surface area contributed by atoms with Crippen LogP contribution in [0, 0.1) is 5.92 Å². The fraction of sp³-hybridized carbons (Fsp3) is 0.500. The van der Waals surface area contributed by atoms with Crippen LogP contribution in [0.3, 0.4) is 0 Å². The fourth-order valence-corrected chi connectivity index (χ4v) is 2.87. The Labute approximate surface area is 155 Å². The van der Waals surface area contributed by atoms with Gasteiger partial charge in [0.25, 0.3) is 5.91 Å². The lowest BCUT2D eigenvalue weighted by Crippen LogP contribution is -2.52.